The highest BCUT2D eigenvalue weighted by molar-refractivity contribution is 9.10. The molecule has 1 aromatic carbocycles. The smallest absolute Gasteiger partial charge is 0.122 e. The second-order valence-electron chi connectivity index (χ2n) is 6.56. The molecule has 19 heavy (non-hydrogen) atoms. The Morgan fingerprint density at radius 3 is 2.63 bits per heavy atom. The molecule has 2 rings (SSSR count). The molecule has 0 aliphatic carbocycles. The molecule has 1 aliphatic rings. The van der Waals surface area contributed by atoms with Crippen LogP contribution in [-0.4, -0.2) is 17.7 Å². The molecule has 1 atom stereocenters. The van der Waals surface area contributed by atoms with E-state index in [0.717, 1.165) is 28.6 Å². The van der Waals surface area contributed by atoms with Gasteiger partial charge in [-0.05, 0) is 48.9 Å². The number of benzene rings is 1. The van der Waals surface area contributed by atoms with Crippen LogP contribution in [0.1, 0.15) is 51.2 Å². The fourth-order valence-corrected chi connectivity index (χ4v) is 3.25. The van der Waals surface area contributed by atoms with E-state index in [0.29, 0.717) is 11.8 Å². The van der Waals surface area contributed by atoms with Crippen LogP contribution >= 0.6 is 15.9 Å². The number of piperidine rings is 1. The van der Waals surface area contributed by atoms with Gasteiger partial charge in [0.25, 0.3) is 0 Å². The second kappa shape index (κ2) is 5.84. The van der Waals surface area contributed by atoms with Crippen LogP contribution in [0.25, 0.3) is 0 Å². The molecule has 0 amide bonds. The van der Waals surface area contributed by atoms with E-state index < -0.39 is 0 Å². The van der Waals surface area contributed by atoms with Crippen molar-refractivity contribution >= 4 is 15.9 Å². The lowest BCUT2D eigenvalue weighted by atomic mass is 9.84. The first-order valence-corrected chi connectivity index (χ1v) is 7.92. The van der Waals surface area contributed by atoms with Crippen molar-refractivity contribution in [3.05, 3.63) is 27.7 Å². The molecule has 2 N–H and O–H groups in total. The van der Waals surface area contributed by atoms with E-state index in [2.05, 4.69) is 48.1 Å². The molecule has 0 saturated carbocycles. The number of rotatable bonds is 2. The Hall–Kier alpha value is -0.540. The van der Waals surface area contributed by atoms with Gasteiger partial charge in [0.05, 0.1) is 0 Å². The minimum absolute atomic E-state index is 0.0391. The topological polar surface area (TPSA) is 32.3 Å². The van der Waals surface area contributed by atoms with Gasteiger partial charge in [-0.15, -0.1) is 0 Å². The van der Waals surface area contributed by atoms with Crippen LogP contribution in [0.2, 0.25) is 0 Å². The molecule has 0 aromatic heterocycles. The molecule has 1 aromatic rings. The number of halogens is 1. The van der Waals surface area contributed by atoms with Gasteiger partial charge in [-0.25, -0.2) is 0 Å². The molecule has 3 heteroatoms. The summed E-state index contributed by atoms with van der Waals surface area (Å²) in [6, 6.07) is 4.59. The van der Waals surface area contributed by atoms with Gasteiger partial charge in [0.2, 0.25) is 0 Å². The molecule has 2 nitrogen and oxygen atoms in total. The van der Waals surface area contributed by atoms with Crippen molar-refractivity contribution in [1.29, 1.82) is 0 Å². The largest absolute Gasteiger partial charge is 0.507 e. The lowest BCUT2D eigenvalue weighted by Crippen LogP contribution is -2.35. The van der Waals surface area contributed by atoms with E-state index in [1.54, 1.807) is 0 Å². The highest BCUT2D eigenvalue weighted by atomic mass is 79.9. The van der Waals surface area contributed by atoms with Gasteiger partial charge in [0.15, 0.2) is 0 Å². The second-order valence-corrected chi connectivity index (χ2v) is 7.48. The first-order valence-electron chi connectivity index (χ1n) is 7.13. The molecule has 0 bridgehead atoms. The Kier molecular flexibility index (Phi) is 4.57. The average Bonchev–Trinajstić information content (AvgIpc) is 2.33. The van der Waals surface area contributed by atoms with Crippen molar-refractivity contribution in [3.63, 3.8) is 0 Å². The van der Waals surface area contributed by atoms with E-state index in [1.165, 1.54) is 19.3 Å². The third-order valence-corrected chi connectivity index (χ3v) is 4.30. The molecule has 1 unspecified atom stereocenters. The predicted octanol–water partition coefficient (Wildman–Crippen LogP) is 4.14. The van der Waals surface area contributed by atoms with Crippen molar-refractivity contribution in [2.24, 2.45) is 0 Å². The van der Waals surface area contributed by atoms with Crippen LogP contribution in [0.3, 0.4) is 0 Å². The fourth-order valence-electron chi connectivity index (χ4n) is 2.75. The molecule has 1 heterocycles. The van der Waals surface area contributed by atoms with E-state index in [-0.39, 0.29) is 5.41 Å². The zero-order valence-electron chi connectivity index (χ0n) is 12.1. The Bertz CT molecular complexity index is 445. The van der Waals surface area contributed by atoms with Crippen LogP contribution in [0.15, 0.2) is 16.6 Å². The number of aromatic hydroxyl groups is 1. The molecule has 1 fully saturated rings. The molecular weight excluding hydrogens is 302 g/mol. The Morgan fingerprint density at radius 1 is 1.32 bits per heavy atom. The summed E-state index contributed by atoms with van der Waals surface area (Å²) in [5, 5.41) is 14.1. The summed E-state index contributed by atoms with van der Waals surface area (Å²) in [5.41, 5.74) is 2.04. The van der Waals surface area contributed by atoms with Crippen LogP contribution in [0.5, 0.6) is 5.75 Å². The van der Waals surface area contributed by atoms with Crippen LogP contribution in [-0.2, 0) is 11.8 Å². The lowest BCUT2D eigenvalue weighted by molar-refractivity contribution is 0.388. The zero-order valence-corrected chi connectivity index (χ0v) is 13.7. The predicted molar refractivity (Wildman–Crippen MR) is 83.9 cm³/mol. The number of nitrogens with one attached hydrogen (secondary N) is 1. The summed E-state index contributed by atoms with van der Waals surface area (Å²) in [6.07, 6.45) is 4.68. The third-order valence-electron chi connectivity index (χ3n) is 3.84. The average molecular weight is 326 g/mol. The standard InChI is InChI=1S/C16H24BrNO/c1-16(2,3)14-10-12(17)8-11(15(14)19)9-13-6-4-5-7-18-13/h8,10,13,18-19H,4-7,9H2,1-3H3. The Balaban J connectivity index is 2.27. The van der Waals surface area contributed by atoms with E-state index in [4.69, 9.17) is 0 Å². The molecule has 0 radical (unpaired) electrons. The zero-order chi connectivity index (χ0) is 14.0. The van der Waals surface area contributed by atoms with Crippen molar-refractivity contribution in [2.75, 3.05) is 6.54 Å². The first-order chi connectivity index (χ1) is 8.88. The normalized spacial score (nSPS) is 20.5. The minimum atomic E-state index is -0.0391. The van der Waals surface area contributed by atoms with E-state index in [1.807, 2.05) is 6.07 Å². The maximum Gasteiger partial charge on any atom is 0.122 e. The van der Waals surface area contributed by atoms with Gasteiger partial charge in [-0.2, -0.15) is 0 Å². The number of hydrogen-bond donors (Lipinski definition) is 2. The molecule has 1 saturated heterocycles. The highest BCUT2D eigenvalue weighted by Crippen LogP contribution is 2.36. The minimum Gasteiger partial charge on any atom is -0.507 e. The van der Waals surface area contributed by atoms with Gasteiger partial charge >= 0.3 is 0 Å². The van der Waals surface area contributed by atoms with Crippen LogP contribution in [0.4, 0.5) is 0 Å². The molecule has 106 valence electrons. The first kappa shape index (κ1) is 14.9. The van der Waals surface area contributed by atoms with Crippen LogP contribution in [0, 0.1) is 0 Å². The SMILES string of the molecule is CC(C)(C)c1cc(Br)cc(CC2CCCCN2)c1O. The van der Waals surface area contributed by atoms with Gasteiger partial charge in [-0.1, -0.05) is 43.1 Å². The lowest BCUT2D eigenvalue weighted by Gasteiger charge is -2.26. The van der Waals surface area contributed by atoms with Crippen molar-refractivity contribution in [1.82, 2.24) is 5.32 Å². The number of phenols is 1. The van der Waals surface area contributed by atoms with Gasteiger partial charge in [-0.3, -0.25) is 0 Å². The molecule has 1 aliphatic heterocycles. The maximum atomic E-state index is 10.5. The van der Waals surface area contributed by atoms with E-state index in [9.17, 15) is 5.11 Å². The van der Waals surface area contributed by atoms with Crippen LogP contribution < -0.4 is 5.32 Å². The summed E-state index contributed by atoms with van der Waals surface area (Å²) in [7, 11) is 0. The Labute approximate surface area is 124 Å². The van der Waals surface area contributed by atoms with Crippen molar-refractivity contribution < 1.29 is 5.11 Å². The fraction of sp³-hybridized carbons (Fsp3) is 0.625. The number of hydrogen-bond acceptors (Lipinski definition) is 2. The molecular formula is C16H24BrNO. The summed E-state index contributed by atoms with van der Waals surface area (Å²) < 4.78 is 1.06. The summed E-state index contributed by atoms with van der Waals surface area (Å²) >= 11 is 3.57. The van der Waals surface area contributed by atoms with E-state index >= 15 is 0 Å². The monoisotopic (exact) mass is 325 g/mol. The quantitative estimate of drug-likeness (QED) is 0.856. The van der Waals surface area contributed by atoms with Gasteiger partial charge in [0, 0.05) is 16.1 Å². The third kappa shape index (κ3) is 3.73. The van der Waals surface area contributed by atoms with Gasteiger partial charge in [0.1, 0.15) is 5.75 Å². The number of phenolic OH excluding ortho intramolecular Hbond substituents is 1. The summed E-state index contributed by atoms with van der Waals surface area (Å²) in [4.78, 5) is 0. The van der Waals surface area contributed by atoms with Crippen molar-refractivity contribution in [3.8, 4) is 5.75 Å². The van der Waals surface area contributed by atoms with Gasteiger partial charge < -0.3 is 10.4 Å². The van der Waals surface area contributed by atoms with Crippen molar-refractivity contribution in [2.45, 2.75) is 57.9 Å². The maximum absolute atomic E-state index is 10.5. The molecule has 0 spiro atoms. The summed E-state index contributed by atoms with van der Waals surface area (Å²) in [5.74, 6) is 0.475. The Morgan fingerprint density at radius 2 is 2.05 bits per heavy atom. The summed E-state index contributed by atoms with van der Waals surface area (Å²) in [6.45, 7) is 7.51. The highest BCUT2D eigenvalue weighted by Gasteiger charge is 2.22.